The predicted molar refractivity (Wildman–Crippen MR) is 78.8 cm³/mol. The topological polar surface area (TPSA) is 29.1 Å². The Balaban J connectivity index is 1.84. The molecule has 2 aliphatic carbocycles. The van der Waals surface area contributed by atoms with Gasteiger partial charge < -0.3 is 5.32 Å². The van der Waals surface area contributed by atoms with E-state index in [1.54, 1.807) is 0 Å². The average molecular weight is 316 g/mol. The summed E-state index contributed by atoms with van der Waals surface area (Å²) in [5.41, 5.74) is 0.243. The molecule has 1 N–H and O–H groups in total. The van der Waals surface area contributed by atoms with Crippen molar-refractivity contribution < 1.29 is 4.79 Å². The molecule has 2 bridgehead atoms. The third kappa shape index (κ3) is 2.76. The number of hydrogen-bond donors (Lipinski definition) is 1. The van der Waals surface area contributed by atoms with E-state index >= 15 is 0 Å². The van der Waals surface area contributed by atoms with E-state index in [9.17, 15) is 4.79 Å². The molecule has 2 rings (SSSR count). The molecule has 104 valence electrons. The van der Waals surface area contributed by atoms with Crippen LogP contribution in [-0.4, -0.2) is 17.8 Å². The summed E-state index contributed by atoms with van der Waals surface area (Å²) in [6.45, 7) is 5.26. The molecule has 3 atom stereocenters. The van der Waals surface area contributed by atoms with Crippen LogP contribution >= 0.6 is 15.9 Å². The molecule has 0 radical (unpaired) electrons. The van der Waals surface area contributed by atoms with Crippen molar-refractivity contribution in [1.29, 1.82) is 0 Å². The summed E-state index contributed by atoms with van der Waals surface area (Å²) >= 11 is 3.61. The number of nitrogens with one attached hydrogen (secondary N) is 1. The monoisotopic (exact) mass is 315 g/mol. The molecule has 0 spiro atoms. The Hall–Kier alpha value is -0.0500. The van der Waals surface area contributed by atoms with Gasteiger partial charge in [-0.25, -0.2) is 0 Å². The Morgan fingerprint density at radius 1 is 1.28 bits per heavy atom. The molecule has 18 heavy (non-hydrogen) atoms. The predicted octanol–water partition coefficient (Wildman–Crippen LogP) is 3.74. The van der Waals surface area contributed by atoms with E-state index < -0.39 is 0 Å². The number of rotatable bonds is 6. The van der Waals surface area contributed by atoms with Crippen molar-refractivity contribution in [1.82, 2.24) is 5.32 Å². The second-order valence-corrected chi connectivity index (χ2v) is 6.90. The van der Waals surface area contributed by atoms with E-state index in [-0.39, 0.29) is 5.41 Å². The number of carbonyl (C=O) groups is 1. The molecule has 0 aromatic heterocycles. The van der Waals surface area contributed by atoms with Gasteiger partial charge in [0.15, 0.2) is 0 Å². The first-order chi connectivity index (χ1) is 8.64. The van der Waals surface area contributed by atoms with Crippen molar-refractivity contribution in [2.45, 2.75) is 52.4 Å². The van der Waals surface area contributed by atoms with Gasteiger partial charge in [-0.2, -0.15) is 0 Å². The maximum Gasteiger partial charge on any atom is 0.223 e. The number of amides is 1. The fourth-order valence-electron chi connectivity index (χ4n) is 3.71. The molecule has 2 aliphatic rings. The highest BCUT2D eigenvalue weighted by molar-refractivity contribution is 9.09. The lowest BCUT2D eigenvalue weighted by molar-refractivity contribution is -0.127. The van der Waals surface area contributed by atoms with Gasteiger partial charge in [0, 0.05) is 17.8 Å². The highest BCUT2D eigenvalue weighted by Crippen LogP contribution is 2.48. The van der Waals surface area contributed by atoms with Crippen molar-refractivity contribution >= 4 is 21.8 Å². The number of carbonyl (C=O) groups excluding carboxylic acids is 1. The molecule has 2 fully saturated rings. The largest absolute Gasteiger partial charge is 0.355 e. The number of fused-ring (bicyclic) bond motifs is 2. The normalized spacial score (nSPS) is 30.7. The Kier molecular flexibility index (Phi) is 4.74. The van der Waals surface area contributed by atoms with Crippen LogP contribution in [0.25, 0.3) is 0 Å². The molecule has 0 aromatic rings. The van der Waals surface area contributed by atoms with Crippen molar-refractivity contribution in [3.8, 4) is 0 Å². The van der Waals surface area contributed by atoms with Gasteiger partial charge in [0.05, 0.1) is 0 Å². The smallest absolute Gasteiger partial charge is 0.223 e. The summed E-state index contributed by atoms with van der Waals surface area (Å²) in [4.78, 5) is 12.3. The highest BCUT2D eigenvalue weighted by Gasteiger charge is 2.43. The van der Waals surface area contributed by atoms with Gasteiger partial charge in [0.2, 0.25) is 5.91 Å². The quantitative estimate of drug-likeness (QED) is 0.743. The molecule has 0 aliphatic heterocycles. The molecule has 2 saturated carbocycles. The second kappa shape index (κ2) is 5.94. The summed E-state index contributed by atoms with van der Waals surface area (Å²) in [7, 11) is 0. The van der Waals surface area contributed by atoms with Crippen LogP contribution in [0.4, 0.5) is 0 Å². The molecular weight excluding hydrogens is 290 g/mol. The van der Waals surface area contributed by atoms with Gasteiger partial charge in [-0.15, -0.1) is 0 Å². The summed E-state index contributed by atoms with van der Waals surface area (Å²) in [5, 5.41) is 4.21. The number of halogens is 1. The lowest BCUT2D eigenvalue weighted by Gasteiger charge is -2.31. The Morgan fingerprint density at radius 2 is 2.00 bits per heavy atom. The lowest BCUT2D eigenvalue weighted by Crippen LogP contribution is -2.41. The first-order valence-corrected chi connectivity index (χ1v) is 8.60. The van der Waals surface area contributed by atoms with Gasteiger partial charge in [-0.3, -0.25) is 4.79 Å². The maximum atomic E-state index is 12.3. The van der Waals surface area contributed by atoms with Crippen LogP contribution in [0.3, 0.4) is 0 Å². The summed E-state index contributed by atoms with van der Waals surface area (Å²) in [6, 6.07) is 0. The Bertz CT molecular complexity index is 293. The zero-order chi connectivity index (χ0) is 13.2. The Morgan fingerprint density at radius 3 is 2.44 bits per heavy atom. The van der Waals surface area contributed by atoms with Crippen LogP contribution < -0.4 is 5.32 Å². The van der Waals surface area contributed by atoms with E-state index in [0.717, 1.165) is 37.1 Å². The van der Waals surface area contributed by atoms with Crippen molar-refractivity contribution in [2.24, 2.45) is 23.2 Å². The molecule has 0 aromatic carbocycles. The van der Waals surface area contributed by atoms with Gasteiger partial charge in [0.1, 0.15) is 0 Å². The fourth-order valence-corrected chi connectivity index (χ4v) is 4.70. The average Bonchev–Trinajstić information content (AvgIpc) is 3.03. The summed E-state index contributed by atoms with van der Waals surface area (Å²) in [5.74, 6) is 2.19. The zero-order valence-corrected chi connectivity index (χ0v) is 13.3. The minimum atomic E-state index is 0.243. The molecule has 3 unspecified atom stereocenters. The first-order valence-electron chi connectivity index (χ1n) is 7.47. The van der Waals surface area contributed by atoms with E-state index in [2.05, 4.69) is 35.1 Å². The molecule has 1 amide bonds. The molecule has 2 nitrogen and oxygen atoms in total. The molecule has 0 heterocycles. The molecule has 0 saturated heterocycles. The van der Waals surface area contributed by atoms with Crippen LogP contribution in [0.5, 0.6) is 0 Å². The fraction of sp³-hybridized carbons (Fsp3) is 0.933. The van der Waals surface area contributed by atoms with Gasteiger partial charge in [-0.1, -0.05) is 36.2 Å². The van der Waals surface area contributed by atoms with E-state index in [0.29, 0.717) is 17.7 Å². The van der Waals surface area contributed by atoms with E-state index in [1.807, 2.05) is 0 Å². The first kappa shape index (κ1) is 14.4. The standard InChI is InChI=1S/C15H26BrNO/c1-3-15(4-2,9-16)10-17-14(18)13-8-11-5-6-12(13)7-11/h11-13H,3-10H2,1-2H3,(H,17,18). The van der Waals surface area contributed by atoms with Crippen molar-refractivity contribution in [3.63, 3.8) is 0 Å². The lowest BCUT2D eigenvalue weighted by atomic mass is 9.83. The summed E-state index contributed by atoms with van der Waals surface area (Å²) < 4.78 is 0. The van der Waals surface area contributed by atoms with Gasteiger partial charge in [0.25, 0.3) is 0 Å². The zero-order valence-electron chi connectivity index (χ0n) is 11.7. The SMILES string of the molecule is CCC(CC)(CBr)CNC(=O)C1CC2CCC1C2. The molecule has 3 heteroatoms. The van der Waals surface area contributed by atoms with Crippen molar-refractivity contribution in [3.05, 3.63) is 0 Å². The third-order valence-corrected chi connectivity index (χ3v) is 6.69. The number of hydrogen-bond acceptors (Lipinski definition) is 1. The minimum absolute atomic E-state index is 0.243. The summed E-state index contributed by atoms with van der Waals surface area (Å²) in [6.07, 6.45) is 7.34. The maximum absolute atomic E-state index is 12.3. The minimum Gasteiger partial charge on any atom is -0.355 e. The van der Waals surface area contributed by atoms with Crippen LogP contribution in [0, 0.1) is 23.2 Å². The van der Waals surface area contributed by atoms with Crippen LogP contribution in [0.1, 0.15) is 52.4 Å². The van der Waals surface area contributed by atoms with Crippen molar-refractivity contribution in [2.75, 3.05) is 11.9 Å². The van der Waals surface area contributed by atoms with Crippen LogP contribution in [0.2, 0.25) is 0 Å². The third-order valence-electron chi connectivity index (χ3n) is 5.50. The van der Waals surface area contributed by atoms with Gasteiger partial charge >= 0.3 is 0 Å². The highest BCUT2D eigenvalue weighted by atomic mass is 79.9. The van der Waals surface area contributed by atoms with E-state index in [4.69, 9.17) is 0 Å². The second-order valence-electron chi connectivity index (χ2n) is 6.34. The van der Waals surface area contributed by atoms with Gasteiger partial charge in [-0.05, 0) is 49.4 Å². The van der Waals surface area contributed by atoms with Crippen LogP contribution in [0.15, 0.2) is 0 Å². The molecular formula is C15H26BrNO. The van der Waals surface area contributed by atoms with E-state index in [1.165, 1.54) is 19.3 Å². The Labute approximate surface area is 119 Å². The number of alkyl halides is 1. The van der Waals surface area contributed by atoms with Crippen LogP contribution in [-0.2, 0) is 4.79 Å².